The Morgan fingerprint density at radius 2 is 2.05 bits per heavy atom. The lowest BCUT2D eigenvalue weighted by molar-refractivity contribution is 0.0437. The number of esters is 1. The fraction of sp³-hybridized carbons (Fsp3) is 0.412. The third-order valence-electron chi connectivity index (χ3n) is 3.92. The van der Waals surface area contributed by atoms with Crippen LogP contribution in [0.2, 0.25) is 0 Å². The summed E-state index contributed by atoms with van der Waals surface area (Å²) in [4.78, 5) is 26.3. The summed E-state index contributed by atoms with van der Waals surface area (Å²) in [6.07, 6.45) is 2.40. The molecule has 1 aliphatic rings. The van der Waals surface area contributed by atoms with Gasteiger partial charge in [0.05, 0.1) is 5.39 Å². The topological polar surface area (TPSA) is 59.8 Å². The first kappa shape index (κ1) is 14.8. The van der Waals surface area contributed by atoms with Gasteiger partial charge < -0.3 is 9.15 Å². The van der Waals surface area contributed by atoms with Gasteiger partial charge in [-0.2, -0.15) is 0 Å². The number of hydrogen-bond acceptors (Lipinski definition) is 5. The van der Waals surface area contributed by atoms with Crippen molar-refractivity contribution in [3.05, 3.63) is 45.8 Å². The highest BCUT2D eigenvalue weighted by Gasteiger charge is 2.16. The van der Waals surface area contributed by atoms with Gasteiger partial charge in [-0.1, -0.05) is 11.6 Å². The Kier molecular flexibility index (Phi) is 4.24. The lowest BCUT2D eigenvalue weighted by atomic mass is 10.1. The van der Waals surface area contributed by atoms with Gasteiger partial charge in [-0.05, 0) is 45.0 Å². The SMILES string of the molecule is Cc1ccc2oc(C(=O)OCCN3CCCC3)cc(=O)c2c1. The summed E-state index contributed by atoms with van der Waals surface area (Å²) >= 11 is 0. The average molecular weight is 301 g/mol. The summed E-state index contributed by atoms with van der Waals surface area (Å²) in [6.45, 7) is 5.06. The fourth-order valence-corrected chi connectivity index (χ4v) is 2.72. The number of likely N-dealkylation sites (tertiary alicyclic amines) is 1. The van der Waals surface area contributed by atoms with E-state index in [1.165, 1.54) is 18.9 Å². The molecule has 0 N–H and O–H groups in total. The van der Waals surface area contributed by atoms with Crippen LogP contribution in [-0.4, -0.2) is 37.1 Å². The number of hydrogen-bond donors (Lipinski definition) is 0. The smallest absolute Gasteiger partial charge is 0.374 e. The second kappa shape index (κ2) is 6.32. The predicted molar refractivity (Wildman–Crippen MR) is 83.2 cm³/mol. The molecule has 1 fully saturated rings. The first-order valence-electron chi connectivity index (χ1n) is 7.57. The van der Waals surface area contributed by atoms with Crippen molar-refractivity contribution in [3.8, 4) is 0 Å². The summed E-state index contributed by atoms with van der Waals surface area (Å²) in [6, 6.07) is 6.50. The molecule has 0 spiro atoms. The number of rotatable bonds is 4. The third kappa shape index (κ3) is 3.20. The highest BCUT2D eigenvalue weighted by molar-refractivity contribution is 5.89. The Morgan fingerprint density at radius 1 is 1.27 bits per heavy atom. The Hall–Kier alpha value is -2.14. The maximum absolute atomic E-state index is 12.1. The standard InChI is InChI=1S/C17H19NO4/c1-12-4-5-15-13(10-12)14(19)11-16(22-15)17(20)21-9-8-18-6-2-3-7-18/h4-5,10-11H,2-3,6-9H2,1H3. The van der Waals surface area contributed by atoms with E-state index in [1.807, 2.05) is 13.0 Å². The molecule has 1 aromatic carbocycles. The van der Waals surface area contributed by atoms with Gasteiger partial charge in [0.2, 0.25) is 5.76 Å². The third-order valence-corrected chi connectivity index (χ3v) is 3.92. The van der Waals surface area contributed by atoms with Crippen molar-refractivity contribution in [3.63, 3.8) is 0 Å². The van der Waals surface area contributed by atoms with E-state index in [4.69, 9.17) is 9.15 Å². The van der Waals surface area contributed by atoms with Crippen LogP contribution in [0.5, 0.6) is 0 Å². The minimum absolute atomic E-state index is 0.0391. The number of carbonyl (C=O) groups is 1. The molecule has 1 saturated heterocycles. The first-order chi connectivity index (χ1) is 10.6. The predicted octanol–water partition coefficient (Wildman–Crippen LogP) is 2.35. The summed E-state index contributed by atoms with van der Waals surface area (Å²) in [7, 11) is 0. The minimum atomic E-state index is -0.584. The molecule has 1 aliphatic heterocycles. The minimum Gasteiger partial charge on any atom is -0.458 e. The van der Waals surface area contributed by atoms with Gasteiger partial charge in [0.1, 0.15) is 12.2 Å². The Balaban J connectivity index is 1.70. The molecule has 116 valence electrons. The van der Waals surface area contributed by atoms with Crippen LogP contribution in [0.15, 0.2) is 33.5 Å². The summed E-state index contributed by atoms with van der Waals surface area (Å²) in [5.41, 5.74) is 1.15. The van der Waals surface area contributed by atoms with Crippen LogP contribution in [0.1, 0.15) is 29.0 Å². The van der Waals surface area contributed by atoms with Crippen LogP contribution in [0, 0.1) is 6.92 Å². The first-order valence-corrected chi connectivity index (χ1v) is 7.57. The monoisotopic (exact) mass is 301 g/mol. The van der Waals surface area contributed by atoms with E-state index in [2.05, 4.69) is 4.90 Å². The van der Waals surface area contributed by atoms with Crippen LogP contribution in [0.25, 0.3) is 11.0 Å². The average Bonchev–Trinajstić information content (AvgIpc) is 3.01. The van der Waals surface area contributed by atoms with E-state index in [0.717, 1.165) is 25.2 Å². The van der Waals surface area contributed by atoms with Crippen molar-refractivity contribution in [1.82, 2.24) is 4.90 Å². The van der Waals surface area contributed by atoms with Gasteiger partial charge in [-0.15, -0.1) is 0 Å². The number of nitrogens with zero attached hydrogens (tertiary/aromatic N) is 1. The summed E-state index contributed by atoms with van der Waals surface area (Å²) in [5, 5.41) is 0.480. The molecule has 0 radical (unpaired) electrons. The van der Waals surface area contributed by atoms with Crippen molar-refractivity contribution >= 4 is 16.9 Å². The quantitative estimate of drug-likeness (QED) is 0.811. The van der Waals surface area contributed by atoms with E-state index < -0.39 is 5.97 Å². The molecule has 1 aromatic heterocycles. The molecule has 2 aromatic rings. The Labute approximate surface area is 128 Å². The van der Waals surface area contributed by atoms with Gasteiger partial charge in [0.15, 0.2) is 5.43 Å². The van der Waals surface area contributed by atoms with E-state index in [9.17, 15) is 9.59 Å². The lowest BCUT2D eigenvalue weighted by Gasteiger charge is -2.13. The number of aryl methyl sites for hydroxylation is 1. The zero-order chi connectivity index (χ0) is 15.5. The van der Waals surface area contributed by atoms with Crippen molar-refractivity contribution in [2.24, 2.45) is 0 Å². The van der Waals surface area contributed by atoms with Crippen molar-refractivity contribution in [1.29, 1.82) is 0 Å². The highest BCUT2D eigenvalue weighted by atomic mass is 16.5. The maximum Gasteiger partial charge on any atom is 0.374 e. The zero-order valence-electron chi connectivity index (χ0n) is 12.6. The largest absolute Gasteiger partial charge is 0.458 e. The molecule has 0 saturated carbocycles. The molecule has 0 amide bonds. The van der Waals surface area contributed by atoms with Gasteiger partial charge in [-0.25, -0.2) is 4.79 Å². The molecule has 3 rings (SSSR count). The normalized spacial score (nSPS) is 15.3. The molecule has 0 aliphatic carbocycles. The maximum atomic E-state index is 12.1. The van der Waals surface area contributed by atoms with E-state index in [-0.39, 0.29) is 11.2 Å². The molecule has 22 heavy (non-hydrogen) atoms. The molecule has 5 heteroatoms. The van der Waals surface area contributed by atoms with Gasteiger partial charge in [-0.3, -0.25) is 9.69 Å². The van der Waals surface area contributed by atoms with Gasteiger partial charge >= 0.3 is 5.97 Å². The fourth-order valence-electron chi connectivity index (χ4n) is 2.72. The molecular formula is C17H19NO4. The molecule has 0 bridgehead atoms. The summed E-state index contributed by atoms with van der Waals surface area (Å²) < 4.78 is 10.7. The Morgan fingerprint density at radius 3 is 2.82 bits per heavy atom. The van der Waals surface area contributed by atoms with Crippen LogP contribution in [0.3, 0.4) is 0 Å². The van der Waals surface area contributed by atoms with E-state index >= 15 is 0 Å². The molecule has 0 unspecified atom stereocenters. The Bertz CT molecular complexity index is 744. The number of fused-ring (bicyclic) bond motifs is 1. The van der Waals surface area contributed by atoms with E-state index in [0.29, 0.717) is 17.6 Å². The van der Waals surface area contributed by atoms with Gasteiger partial charge in [0, 0.05) is 12.6 Å². The van der Waals surface area contributed by atoms with Crippen molar-refractivity contribution < 1.29 is 13.9 Å². The molecule has 5 nitrogen and oxygen atoms in total. The van der Waals surface area contributed by atoms with Crippen LogP contribution in [0.4, 0.5) is 0 Å². The molecule has 0 atom stereocenters. The van der Waals surface area contributed by atoms with Crippen LogP contribution < -0.4 is 5.43 Å². The number of carbonyl (C=O) groups excluding carboxylic acids is 1. The summed E-state index contributed by atoms with van der Waals surface area (Å²) in [5.74, 6) is -0.624. The zero-order valence-corrected chi connectivity index (χ0v) is 12.6. The molecular weight excluding hydrogens is 282 g/mol. The number of benzene rings is 1. The van der Waals surface area contributed by atoms with E-state index in [1.54, 1.807) is 12.1 Å². The lowest BCUT2D eigenvalue weighted by Crippen LogP contribution is -2.25. The highest BCUT2D eigenvalue weighted by Crippen LogP contribution is 2.15. The second-order valence-corrected chi connectivity index (χ2v) is 5.66. The van der Waals surface area contributed by atoms with Crippen LogP contribution >= 0.6 is 0 Å². The molecule has 2 heterocycles. The van der Waals surface area contributed by atoms with Crippen LogP contribution in [-0.2, 0) is 4.74 Å². The van der Waals surface area contributed by atoms with Gasteiger partial charge in [0.25, 0.3) is 0 Å². The van der Waals surface area contributed by atoms with Crippen molar-refractivity contribution in [2.75, 3.05) is 26.2 Å². The van der Waals surface area contributed by atoms with Crippen molar-refractivity contribution in [2.45, 2.75) is 19.8 Å². The number of ether oxygens (including phenoxy) is 1. The second-order valence-electron chi connectivity index (χ2n) is 5.66.